The molecule has 0 aliphatic carbocycles. The average molecular weight is 265 g/mol. The maximum Gasteiger partial charge on any atom is 0.321 e. The number of nitro groups is 1. The summed E-state index contributed by atoms with van der Waals surface area (Å²) >= 11 is 0. The first-order chi connectivity index (χ1) is 8.90. The van der Waals surface area contributed by atoms with Crippen LogP contribution in [0.15, 0.2) is 12.1 Å². The molecule has 0 saturated carbocycles. The molecular weight excluding hydrogens is 246 g/mol. The number of carbonyl (C=O) groups is 1. The van der Waals surface area contributed by atoms with Crippen LogP contribution in [-0.2, 0) is 0 Å². The molecule has 0 radical (unpaired) electrons. The Balaban J connectivity index is 3.00. The number of urea groups is 1. The van der Waals surface area contributed by atoms with E-state index in [0.29, 0.717) is 29.9 Å². The third kappa shape index (κ3) is 3.43. The van der Waals surface area contributed by atoms with Crippen molar-refractivity contribution in [3.8, 4) is 0 Å². The largest absolute Gasteiger partial charge is 0.325 e. The molecule has 6 nitrogen and oxygen atoms in total. The second-order valence-electron chi connectivity index (χ2n) is 4.31. The lowest BCUT2D eigenvalue weighted by atomic mass is 10.1. The van der Waals surface area contributed by atoms with Crippen LogP contribution in [0, 0.1) is 24.0 Å². The van der Waals surface area contributed by atoms with Crippen LogP contribution in [0.5, 0.6) is 0 Å². The zero-order valence-electron chi connectivity index (χ0n) is 11.7. The minimum absolute atomic E-state index is 0.0679. The zero-order chi connectivity index (χ0) is 14.6. The quantitative estimate of drug-likeness (QED) is 0.671. The minimum atomic E-state index is -0.418. The van der Waals surface area contributed by atoms with Crippen LogP contribution >= 0.6 is 0 Å². The van der Waals surface area contributed by atoms with Crippen LogP contribution in [0.2, 0.25) is 0 Å². The van der Waals surface area contributed by atoms with Crippen LogP contribution in [-0.4, -0.2) is 28.9 Å². The fraction of sp³-hybridized carbons (Fsp3) is 0.462. The molecule has 0 heterocycles. The summed E-state index contributed by atoms with van der Waals surface area (Å²) in [5.74, 6) is 0. The number of nitrogens with zero attached hydrogens (tertiary/aromatic N) is 2. The number of anilines is 1. The second kappa shape index (κ2) is 6.17. The molecule has 0 bridgehead atoms. The number of nitro benzene ring substituents is 1. The molecule has 0 atom stereocenters. The van der Waals surface area contributed by atoms with Crippen molar-refractivity contribution in [1.29, 1.82) is 0 Å². The number of benzene rings is 1. The van der Waals surface area contributed by atoms with Gasteiger partial charge in [0.1, 0.15) is 0 Å². The number of aryl methyl sites for hydroxylation is 2. The highest BCUT2D eigenvalue weighted by Crippen LogP contribution is 2.26. The third-order valence-corrected chi connectivity index (χ3v) is 3.03. The van der Waals surface area contributed by atoms with Gasteiger partial charge in [0.15, 0.2) is 0 Å². The van der Waals surface area contributed by atoms with Crippen molar-refractivity contribution >= 4 is 17.4 Å². The van der Waals surface area contributed by atoms with Crippen LogP contribution in [0.25, 0.3) is 0 Å². The van der Waals surface area contributed by atoms with E-state index < -0.39 is 4.92 Å². The molecule has 0 aliphatic heterocycles. The van der Waals surface area contributed by atoms with Crippen molar-refractivity contribution in [2.45, 2.75) is 27.7 Å². The van der Waals surface area contributed by atoms with E-state index in [1.54, 1.807) is 24.8 Å². The molecular formula is C13H19N3O3. The molecule has 0 saturated heterocycles. The zero-order valence-corrected chi connectivity index (χ0v) is 11.7. The normalized spacial score (nSPS) is 10.1. The van der Waals surface area contributed by atoms with Crippen LogP contribution < -0.4 is 5.32 Å². The minimum Gasteiger partial charge on any atom is -0.325 e. The SMILES string of the molecule is CCN(CC)C(=O)Nc1cc(C)c([N+](=O)[O-])cc1C. The molecule has 1 N–H and O–H groups in total. The molecule has 0 aliphatic rings. The van der Waals surface area contributed by atoms with Crippen molar-refractivity contribution in [3.63, 3.8) is 0 Å². The molecule has 19 heavy (non-hydrogen) atoms. The number of nitrogens with one attached hydrogen (secondary N) is 1. The smallest absolute Gasteiger partial charge is 0.321 e. The standard InChI is InChI=1S/C13H19N3O3/c1-5-15(6-2)13(17)14-11-7-10(4)12(16(18)19)8-9(11)3/h7-8H,5-6H2,1-4H3,(H,14,17). The number of carbonyl (C=O) groups excluding carboxylic acids is 1. The topological polar surface area (TPSA) is 75.5 Å². The first-order valence-electron chi connectivity index (χ1n) is 6.22. The predicted molar refractivity (Wildman–Crippen MR) is 74.5 cm³/mol. The van der Waals surface area contributed by atoms with Gasteiger partial charge in [0, 0.05) is 30.4 Å². The average Bonchev–Trinajstić information content (AvgIpc) is 2.34. The Morgan fingerprint density at radius 2 is 1.84 bits per heavy atom. The third-order valence-electron chi connectivity index (χ3n) is 3.03. The number of rotatable bonds is 4. The summed E-state index contributed by atoms with van der Waals surface area (Å²) in [5.41, 5.74) is 1.89. The summed E-state index contributed by atoms with van der Waals surface area (Å²) in [4.78, 5) is 24.0. The number of hydrogen-bond donors (Lipinski definition) is 1. The lowest BCUT2D eigenvalue weighted by Gasteiger charge is -2.20. The van der Waals surface area contributed by atoms with E-state index >= 15 is 0 Å². The molecule has 0 fully saturated rings. The van der Waals surface area contributed by atoms with E-state index in [9.17, 15) is 14.9 Å². The summed E-state index contributed by atoms with van der Waals surface area (Å²) in [7, 11) is 0. The van der Waals surface area contributed by atoms with E-state index in [4.69, 9.17) is 0 Å². The Bertz CT molecular complexity index is 496. The van der Waals surface area contributed by atoms with E-state index in [0.717, 1.165) is 0 Å². The van der Waals surface area contributed by atoms with Gasteiger partial charge in [-0.25, -0.2) is 4.79 Å². The molecule has 2 amide bonds. The molecule has 1 aromatic rings. The molecule has 104 valence electrons. The van der Waals surface area contributed by atoms with E-state index in [-0.39, 0.29) is 11.7 Å². The fourth-order valence-corrected chi connectivity index (χ4v) is 1.84. The summed E-state index contributed by atoms with van der Waals surface area (Å²) in [5, 5.41) is 13.6. The van der Waals surface area contributed by atoms with Crippen molar-refractivity contribution in [1.82, 2.24) is 4.90 Å². The summed E-state index contributed by atoms with van der Waals surface area (Å²) < 4.78 is 0. The van der Waals surface area contributed by atoms with Gasteiger partial charge in [-0.2, -0.15) is 0 Å². The highest BCUT2D eigenvalue weighted by atomic mass is 16.6. The van der Waals surface area contributed by atoms with Gasteiger partial charge >= 0.3 is 6.03 Å². The van der Waals surface area contributed by atoms with Crippen molar-refractivity contribution in [2.24, 2.45) is 0 Å². The summed E-state index contributed by atoms with van der Waals surface area (Å²) in [6.45, 7) is 8.43. The van der Waals surface area contributed by atoms with Gasteiger partial charge in [-0.15, -0.1) is 0 Å². The van der Waals surface area contributed by atoms with E-state index in [1.165, 1.54) is 6.07 Å². The molecule has 0 unspecified atom stereocenters. The van der Waals surface area contributed by atoms with Crippen molar-refractivity contribution in [3.05, 3.63) is 33.4 Å². The van der Waals surface area contributed by atoms with Gasteiger partial charge < -0.3 is 10.2 Å². The maximum absolute atomic E-state index is 11.9. The molecule has 1 rings (SSSR count). The van der Waals surface area contributed by atoms with E-state index in [2.05, 4.69) is 5.32 Å². The monoisotopic (exact) mass is 265 g/mol. The Morgan fingerprint density at radius 1 is 1.26 bits per heavy atom. The number of hydrogen-bond acceptors (Lipinski definition) is 3. The molecule has 1 aromatic carbocycles. The van der Waals surface area contributed by atoms with Gasteiger partial charge in [0.2, 0.25) is 0 Å². The van der Waals surface area contributed by atoms with Gasteiger partial charge in [0.05, 0.1) is 4.92 Å². The first-order valence-corrected chi connectivity index (χ1v) is 6.22. The second-order valence-corrected chi connectivity index (χ2v) is 4.31. The number of amides is 2. The Labute approximate surface area is 112 Å². The molecule has 0 aromatic heterocycles. The van der Waals surface area contributed by atoms with Crippen molar-refractivity contribution in [2.75, 3.05) is 18.4 Å². The summed E-state index contributed by atoms with van der Waals surface area (Å²) in [6.07, 6.45) is 0. The van der Waals surface area contributed by atoms with Crippen LogP contribution in [0.3, 0.4) is 0 Å². The van der Waals surface area contributed by atoms with Gasteiger partial charge in [-0.05, 0) is 39.3 Å². The predicted octanol–water partition coefficient (Wildman–Crippen LogP) is 3.09. The highest BCUT2D eigenvalue weighted by molar-refractivity contribution is 5.90. The Kier molecular flexibility index (Phi) is 4.86. The fourth-order valence-electron chi connectivity index (χ4n) is 1.84. The lowest BCUT2D eigenvalue weighted by Crippen LogP contribution is -2.34. The summed E-state index contributed by atoms with van der Waals surface area (Å²) in [6, 6.07) is 2.92. The van der Waals surface area contributed by atoms with Crippen LogP contribution in [0.4, 0.5) is 16.2 Å². The molecule has 0 spiro atoms. The van der Waals surface area contributed by atoms with E-state index in [1.807, 2.05) is 13.8 Å². The van der Waals surface area contributed by atoms with Crippen molar-refractivity contribution < 1.29 is 9.72 Å². The first kappa shape index (κ1) is 14.9. The van der Waals surface area contributed by atoms with Gasteiger partial charge in [-0.1, -0.05) is 0 Å². The lowest BCUT2D eigenvalue weighted by molar-refractivity contribution is -0.385. The van der Waals surface area contributed by atoms with Gasteiger partial charge in [-0.3, -0.25) is 10.1 Å². The highest BCUT2D eigenvalue weighted by Gasteiger charge is 2.16. The Morgan fingerprint density at radius 3 is 2.32 bits per heavy atom. The maximum atomic E-state index is 11.9. The Hall–Kier alpha value is -2.11. The van der Waals surface area contributed by atoms with Crippen LogP contribution in [0.1, 0.15) is 25.0 Å². The van der Waals surface area contributed by atoms with Gasteiger partial charge in [0.25, 0.3) is 5.69 Å². The molecule has 6 heteroatoms.